The van der Waals surface area contributed by atoms with Crippen molar-refractivity contribution in [1.29, 1.82) is 0 Å². The first-order valence-electron chi connectivity index (χ1n) is 5.56. The van der Waals surface area contributed by atoms with Gasteiger partial charge in [0.15, 0.2) is 0 Å². The van der Waals surface area contributed by atoms with Crippen LogP contribution in [0.4, 0.5) is 0 Å². The number of rotatable bonds is 7. The summed E-state index contributed by atoms with van der Waals surface area (Å²) in [6.07, 6.45) is 3.33. The van der Waals surface area contributed by atoms with Crippen LogP contribution in [0.3, 0.4) is 0 Å². The average molecular weight is 246 g/mol. The Bertz CT molecular complexity index is 395. The van der Waals surface area contributed by atoms with Crippen LogP contribution >= 0.6 is 0 Å². The molecule has 0 aliphatic heterocycles. The van der Waals surface area contributed by atoms with E-state index in [1.807, 2.05) is 24.3 Å². The molecule has 2 aromatic heterocycles. The van der Waals surface area contributed by atoms with Crippen LogP contribution < -0.4 is 20.6 Å². The summed E-state index contributed by atoms with van der Waals surface area (Å²) >= 11 is 0. The molecule has 18 heavy (non-hydrogen) atoms. The van der Waals surface area contributed by atoms with Crippen molar-refractivity contribution in [3.63, 3.8) is 0 Å². The lowest BCUT2D eigenvalue weighted by Gasteiger charge is -2.07. The summed E-state index contributed by atoms with van der Waals surface area (Å²) in [5.41, 5.74) is 5.53. The first-order valence-corrected chi connectivity index (χ1v) is 5.56. The number of nitrogens with zero attached hydrogens (tertiary/aromatic N) is 2. The summed E-state index contributed by atoms with van der Waals surface area (Å²) in [6.45, 7) is 1.15. The summed E-state index contributed by atoms with van der Waals surface area (Å²) in [6, 6.07) is 10.9. The zero-order valence-corrected chi connectivity index (χ0v) is 9.74. The van der Waals surface area contributed by atoms with Gasteiger partial charge in [-0.25, -0.2) is 9.97 Å². The van der Waals surface area contributed by atoms with E-state index in [0.717, 1.165) is 0 Å². The molecule has 2 heterocycles. The molecule has 0 aliphatic carbocycles. The Morgan fingerprint density at radius 1 is 0.778 bits per heavy atom. The molecule has 0 spiro atoms. The van der Waals surface area contributed by atoms with Gasteiger partial charge in [-0.05, 0) is 12.1 Å². The summed E-state index contributed by atoms with van der Waals surface area (Å²) < 4.78 is 0. The Hall–Kier alpha value is -2.18. The van der Waals surface area contributed by atoms with Gasteiger partial charge >= 0.3 is 0 Å². The van der Waals surface area contributed by atoms with Crippen LogP contribution in [0.1, 0.15) is 0 Å². The van der Waals surface area contributed by atoms with Crippen LogP contribution in [-0.2, 0) is 0 Å². The van der Waals surface area contributed by atoms with Crippen LogP contribution in [0.25, 0.3) is 0 Å². The van der Waals surface area contributed by atoms with Crippen LogP contribution in [0.15, 0.2) is 48.8 Å². The molecule has 0 aliphatic rings. The van der Waals surface area contributed by atoms with E-state index in [1.54, 1.807) is 24.5 Å². The maximum atomic E-state index is 5.19. The van der Waals surface area contributed by atoms with E-state index in [2.05, 4.69) is 20.9 Å². The summed E-state index contributed by atoms with van der Waals surface area (Å²) in [5, 5.41) is 0. The van der Waals surface area contributed by atoms with E-state index in [4.69, 9.17) is 9.68 Å². The minimum absolute atomic E-state index is 0.531. The Morgan fingerprint density at radius 3 is 1.67 bits per heavy atom. The highest BCUT2D eigenvalue weighted by Gasteiger charge is 1.94. The van der Waals surface area contributed by atoms with E-state index in [0.29, 0.717) is 24.8 Å². The molecule has 2 N–H and O–H groups in total. The van der Waals surface area contributed by atoms with Gasteiger partial charge < -0.3 is 9.68 Å². The van der Waals surface area contributed by atoms with Crippen LogP contribution in [-0.4, -0.2) is 23.1 Å². The van der Waals surface area contributed by atoms with Crippen molar-refractivity contribution in [1.82, 2.24) is 20.9 Å². The van der Waals surface area contributed by atoms with E-state index in [1.165, 1.54) is 0 Å². The quantitative estimate of drug-likeness (QED) is 0.560. The lowest BCUT2D eigenvalue weighted by molar-refractivity contribution is 0.148. The molecule has 0 atom stereocenters. The van der Waals surface area contributed by atoms with Crippen molar-refractivity contribution in [2.24, 2.45) is 0 Å². The predicted molar refractivity (Wildman–Crippen MR) is 65.7 cm³/mol. The molecular formula is C12H14N4O2. The number of hydrogen-bond donors (Lipinski definition) is 2. The lowest BCUT2D eigenvalue weighted by Crippen LogP contribution is -2.31. The van der Waals surface area contributed by atoms with Gasteiger partial charge in [-0.1, -0.05) is 12.1 Å². The van der Waals surface area contributed by atoms with Gasteiger partial charge in [-0.15, -0.1) is 0 Å². The molecule has 0 aromatic carbocycles. The van der Waals surface area contributed by atoms with Crippen molar-refractivity contribution in [2.75, 3.05) is 13.1 Å². The van der Waals surface area contributed by atoms with Gasteiger partial charge in [0.05, 0.1) is 0 Å². The molecule has 2 rings (SSSR count). The third kappa shape index (κ3) is 4.36. The fourth-order valence-electron chi connectivity index (χ4n) is 1.17. The fraction of sp³-hybridized carbons (Fsp3) is 0.167. The molecule has 2 aromatic rings. The number of pyridine rings is 2. The highest BCUT2D eigenvalue weighted by atomic mass is 16.7. The Labute approximate surface area is 105 Å². The Balaban J connectivity index is 1.54. The molecule has 94 valence electrons. The number of aromatic nitrogens is 2. The molecular weight excluding hydrogens is 232 g/mol. The molecule has 0 amide bonds. The van der Waals surface area contributed by atoms with Gasteiger partial charge in [-0.2, -0.15) is 11.0 Å². The first kappa shape index (κ1) is 12.3. The van der Waals surface area contributed by atoms with Gasteiger partial charge in [0.2, 0.25) is 11.8 Å². The topological polar surface area (TPSA) is 68.3 Å². The largest absolute Gasteiger partial charge is 0.388 e. The monoisotopic (exact) mass is 246 g/mol. The fourth-order valence-corrected chi connectivity index (χ4v) is 1.17. The normalized spacial score (nSPS) is 10.0. The Morgan fingerprint density at radius 2 is 1.28 bits per heavy atom. The minimum Gasteiger partial charge on any atom is -0.388 e. The number of nitrogens with one attached hydrogen (secondary N) is 2. The molecule has 0 saturated heterocycles. The van der Waals surface area contributed by atoms with Crippen LogP contribution in [0.5, 0.6) is 11.8 Å². The molecule has 0 radical (unpaired) electrons. The molecule has 0 unspecified atom stereocenters. The van der Waals surface area contributed by atoms with Crippen molar-refractivity contribution in [2.45, 2.75) is 0 Å². The van der Waals surface area contributed by atoms with Gasteiger partial charge in [0, 0.05) is 37.6 Å². The van der Waals surface area contributed by atoms with Gasteiger partial charge in [0.1, 0.15) is 0 Å². The van der Waals surface area contributed by atoms with E-state index < -0.39 is 0 Å². The number of hydrogen-bond acceptors (Lipinski definition) is 6. The second kappa shape index (κ2) is 7.21. The molecule has 6 heteroatoms. The zero-order chi connectivity index (χ0) is 12.5. The second-order valence-electron chi connectivity index (χ2n) is 3.33. The molecule has 0 bridgehead atoms. The van der Waals surface area contributed by atoms with Crippen LogP contribution in [0, 0.1) is 0 Å². The minimum atomic E-state index is 0.531. The Kier molecular flexibility index (Phi) is 4.92. The maximum Gasteiger partial charge on any atom is 0.237 e. The zero-order valence-electron chi connectivity index (χ0n) is 9.74. The third-order valence-electron chi connectivity index (χ3n) is 1.96. The van der Waals surface area contributed by atoms with Gasteiger partial charge in [0.25, 0.3) is 0 Å². The highest BCUT2D eigenvalue weighted by molar-refractivity contribution is 5.09. The highest BCUT2D eigenvalue weighted by Crippen LogP contribution is 2.01. The van der Waals surface area contributed by atoms with Crippen molar-refractivity contribution in [3.8, 4) is 11.8 Å². The van der Waals surface area contributed by atoms with Crippen molar-refractivity contribution < 1.29 is 9.68 Å². The molecule has 0 saturated carbocycles. The summed E-state index contributed by atoms with van der Waals surface area (Å²) in [5.74, 6) is 1.06. The second-order valence-corrected chi connectivity index (χ2v) is 3.33. The first-order chi connectivity index (χ1) is 8.95. The van der Waals surface area contributed by atoms with E-state index in [9.17, 15) is 0 Å². The summed E-state index contributed by atoms with van der Waals surface area (Å²) in [7, 11) is 0. The smallest absolute Gasteiger partial charge is 0.237 e. The standard InChI is InChI=1S/C12H14N4O2/c1-3-7-13-11(5-1)17-15-9-10-16-18-12-6-2-4-8-14-12/h1-8,15-16H,9-10H2. The SMILES string of the molecule is c1ccc(ONCCNOc2ccccn2)nc1. The molecule has 6 nitrogen and oxygen atoms in total. The van der Waals surface area contributed by atoms with E-state index in [-0.39, 0.29) is 0 Å². The lowest BCUT2D eigenvalue weighted by atomic mass is 10.5. The maximum absolute atomic E-state index is 5.19. The van der Waals surface area contributed by atoms with Crippen molar-refractivity contribution in [3.05, 3.63) is 48.8 Å². The van der Waals surface area contributed by atoms with Crippen LogP contribution in [0.2, 0.25) is 0 Å². The van der Waals surface area contributed by atoms with Crippen molar-refractivity contribution >= 4 is 0 Å². The van der Waals surface area contributed by atoms with Gasteiger partial charge in [-0.3, -0.25) is 0 Å². The number of hydroxylamine groups is 2. The third-order valence-corrected chi connectivity index (χ3v) is 1.96. The predicted octanol–water partition coefficient (Wildman–Crippen LogP) is 0.944. The summed E-state index contributed by atoms with van der Waals surface area (Å²) in [4.78, 5) is 18.4. The van der Waals surface area contributed by atoms with E-state index >= 15 is 0 Å². The average Bonchev–Trinajstić information content (AvgIpc) is 2.45. The molecule has 0 fully saturated rings.